The maximum Gasteiger partial charge on any atom is 0.0540 e. The third-order valence-corrected chi connectivity index (χ3v) is 4.32. The molecule has 114 valence electrons. The Balaban J connectivity index is 1.93. The molecule has 1 N–H and O–H groups in total. The highest BCUT2D eigenvalue weighted by molar-refractivity contribution is 5.37. The second-order valence-corrected chi connectivity index (χ2v) is 5.96. The van der Waals surface area contributed by atoms with E-state index in [4.69, 9.17) is 5.11 Å². The van der Waals surface area contributed by atoms with Crippen molar-refractivity contribution < 1.29 is 5.11 Å². The Bertz CT molecular complexity index is 486. The molecule has 1 unspecified atom stereocenters. The molecule has 0 amide bonds. The highest BCUT2D eigenvalue weighted by atomic mass is 16.2. The molecule has 1 aliphatic rings. The third-order valence-electron chi connectivity index (χ3n) is 4.32. The molecule has 0 radical (unpaired) electrons. The van der Waals surface area contributed by atoms with Crippen LogP contribution in [-0.2, 0) is 6.54 Å². The summed E-state index contributed by atoms with van der Waals surface area (Å²) in [7, 11) is 0. The van der Waals surface area contributed by atoms with E-state index in [9.17, 15) is 0 Å². The van der Waals surface area contributed by atoms with E-state index in [-0.39, 0.29) is 6.61 Å². The first kappa shape index (κ1) is 16.1. The highest BCUT2D eigenvalue weighted by Crippen LogP contribution is 2.21. The number of aliphatic hydroxyl groups excluding tert-OH is 1. The molecule has 2 nitrogen and oxygen atoms in total. The second-order valence-electron chi connectivity index (χ2n) is 5.96. The van der Waals surface area contributed by atoms with Crippen molar-refractivity contribution in [1.82, 2.24) is 4.90 Å². The van der Waals surface area contributed by atoms with E-state index in [0.717, 1.165) is 18.0 Å². The van der Waals surface area contributed by atoms with E-state index in [0.29, 0.717) is 6.42 Å². The molecule has 0 aromatic heterocycles. The summed E-state index contributed by atoms with van der Waals surface area (Å²) in [5, 5.41) is 8.77. The summed E-state index contributed by atoms with van der Waals surface area (Å²) in [5.41, 5.74) is 2.41. The largest absolute Gasteiger partial charge is 0.395 e. The Morgan fingerprint density at radius 3 is 3.00 bits per heavy atom. The van der Waals surface area contributed by atoms with Gasteiger partial charge in [-0.15, -0.1) is 0 Å². The summed E-state index contributed by atoms with van der Waals surface area (Å²) >= 11 is 0. The molecular weight excluding hydrogens is 258 g/mol. The van der Waals surface area contributed by atoms with Crippen molar-refractivity contribution in [2.24, 2.45) is 5.92 Å². The van der Waals surface area contributed by atoms with Gasteiger partial charge in [0, 0.05) is 18.5 Å². The predicted octanol–water partition coefficient (Wildman–Crippen LogP) is 3.43. The third kappa shape index (κ3) is 5.53. The van der Waals surface area contributed by atoms with Crippen LogP contribution in [0.3, 0.4) is 0 Å². The number of benzene rings is 1. The molecule has 1 saturated heterocycles. The van der Waals surface area contributed by atoms with Gasteiger partial charge in [0.15, 0.2) is 0 Å². The summed E-state index contributed by atoms with van der Waals surface area (Å²) in [6, 6.07) is 8.51. The van der Waals surface area contributed by atoms with Crippen molar-refractivity contribution in [2.75, 3.05) is 19.7 Å². The van der Waals surface area contributed by atoms with Gasteiger partial charge in [0.2, 0.25) is 0 Å². The standard InChI is InChI=1S/C19H27NO/c1-2-17-10-6-12-20(13-11-17)16-19-9-5-8-18(15-19)7-3-4-14-21/h5,8-9,15,17,21H,2,4,6,10-14,16H2,1H3. The molecule has 1 aliphatic heterocycles. The minimum Gasteiger partial charge on any atom is -0.395 e. The Labute approximate surface area is 129 Å². The zero-order valence-corrected chi connectivity index (χ0v) is 13.1. The van der Waals surface area contributed by atoms with Crippen molar-refractivity contribution in [3.8, 4) is 11.8 Å². The van der Waals surface area contributed by atoms with E-state index in [2.05, 4.69) is 41.9 Å². The Morgan fingerprint density at radius 1 is 1.29 bits per heavy atom. The minimum atomic E-state index is 0.138. The first-order valence-corrected chi connectivity index (χ1v) is 8.23. The van der Waals surface area contributed by atoms with Crippen LogP contribution in [0.2, 0.25) is 0 Å². The lowest BCUT2D eigenvalue weighted by atomic mass is 9.98. The lowest BCUT2D eigenvalue weighted by Crippen LogP contribution is -2.24. The molecule has 1 heterocycles. The van der Waals surface area contributed by atoms with E-state index >= 15 is 0 Å². The topological polar surface area (TPSA) is 23.5 Å². The quantitative estimate of drug-likeness (QED) is 0.857. The molecule has 0 saturated carbocycles. The number of hydrogen-bond donors (Lipinski definition) is 1. The first-order valence-electron chi connectivity index (χ1n) is 8.23. The van der Waals surface area contributed by atoms with Gasteiger partial charge in [-0.25, -0.2) is 0 Å². The number of aliphatic hydroxyl groups is 1. The van der Waals surface area contributed by atoms with Gasteiger partial charge in [0.1, 0.15) is 0 Å². The lowest BCUT2D eigenvalue weighted by Gasteiger charge is -2.20. The van der Waals surface area contributed by atoms with Gasteiger partial charge in [-0.1, -0.05) is 37.3 Å². The zero-order chi connectivity index (χ0) is 14.9. The fourth-order valence-electron chi connectivity index (χ4n) is 3.02. The average molecular weight is 285 g/mol. The van der Waals surface area contributed by atoms with Crippen LogP contribution < -0.4 is 0 Å². The summed E-state index contributed by atoms with van der Waals surface area (Å²) in [4.78, 5) is 2.58. The molecule has 21 heavy (non-hydrogen) atoms. The van der Waals surface area contributed by atoms with Gasteiger partial charge in [-0.05, 0) is 56.0 Å². The predicted molar refractivity (Wildman–Crippen MR) is 87.9 cm³/mol. The van der Waals surface area contributed by atoms with Crippen LogP contribution in [0.1, 0.15) is 50.2 Å². The molecule has 1 fully saturated rings. The molecule has 0 bridgehead atoms. The Morgan fingerprint density at radius 2 is 2.19 bits per heavy atom. The van der Waals surface area contributed by atoms with Crippen LogP contribution in [0, 0.1) is 17.8 Å². The normalized spacial score (nSPS) is 19.6. The summed E-state index contributed by atoms with van der Waals surface area (Å²) in [5.74, 6) is 7.04. The molecular formula is C19H27NO. The molecule has 2 heteroatoms. The molecule has 1 atom stereocenters. The van der Waals surface area contributed by atoms with E-state index < -0.39 is 0 Å². The fourth-order valence-corrected chi connectivity index (χ4v) is 3.02. The summed E-state index contributed by atoms with van der Waals surface area (Å²) in [6.07, 6.45) is 5.93. The molecule has 1 aromatic rings. The second kappa shape index (κ2) is 8.87. The minimum absolute atomic E-state index is 0.138. The van der Waals surface area contributed by atoms with Crippen molar-refractivity contribution in [3.05, 3.63) is 35.4 Å². The van der Waals surface area contributed by atoms with Crippen molar-refractivity contribution in [1.29, 1.82) is 0 Å². The monoisotopic (exact) mass is 285 g/mol. The van der Waals surface area contributed by atoms with Gasteiger partial charge in [0.05, 0.1) is 6.61 Å². The maximum absolute atomic E-state index is 8.77. The summed E-state index contributed by atoms with van der Waals surface area (Å²) in [6.45, 7) is 5.93. The smallest absolute Gasteiger partial charge is 0.0540 e. The number of rotatable bonds is 4. The van der Waals surface area contributed by atoms with Crippen LogP contribution in [0.15, 0.2) is 24.3 Å². The fraction of sp³-hybridized carbons (Fsp3) is 0.579. The maximum atomic E-state index is 8.77. The van der Waals surface area contributed by atoms with Crippen molar-refractivity contribution in [3.63, 3.8) is 0 Å². The average Bonchev–Trinajstić information content (AvgIpc) is 2.73. The number of likely N-dealkylation sites (tertiary alicyclic amines) is 1. The molecule has 2 rings (SSSR count). The number of hydrogen-bond acceptors (Lipinski definition) is 2. The lowest BCUT2D eigenvalue weighted by molar-refractivity contribution is 0.272. The van der Waals surface area contributed by atoms with E-state index in [1.54, 1.807) is 0 Å². The highest BCUT2D eigenvalue weighted by Gasteiger charge is 2.15. The van der Waals surface area contributed by atoms with E-state index in [1.165, 1.54) is 44.3 Å². The number of nitrogens with zero attached hydrogens (tertiary/aromatic N) is 1. The van der Waals surface area contributed by atoms with E-state index in [1.807, 2.05) is 6.07 Å². The van der Waals surface area contributed by atoms with Crippen LogP contribution in [-0.4, -0.2) is 29.7 Å². The van der Waals surface area contributed by atoms with Crippen molar-refractivity contribution in [2.45, 2.75) is 45.6 Å². The van der Waals surface area contributed by atoms with Gasteiger partial charge in [-0.2, -0.15) is 0 Å². The van der Waals surface area contributed by atoms with Gasteiger partial charge in [-0.3, -0.25) is 4.90 Å². The van der Waals surface area contributed by atoms with Crippen LogP contribution in [0.5, 0.6) is 0 Å². The van der Waals surface area contributed by atoms with Crippen molar-refractivity contribution >= 4 is 0 Å². The molecule has 1 aromatic carbocycles. The van der Waals surface area contributed by atoms with Gasteiger partial charge in [0.25, 0.3) is 0 Å². The van der Waals surface area contributed by atoms with Crippen LogP contribution in [0.25, 0.3) is 0 Å². The van der Waals surface area contributed by atoms with Crippen LogP contribution >= 0.6 is 0 Å². The molecule has 0 aliphatic carbocycles. The van der Waals surface area contributed by atoms with Gasteiger partial charge < -0.3 is 5.11 Å². The zero-order valence-electron chi connectivity index (χ0n) is 13.1. The first-order chi connectivity index (χ1) is 10.3. The van der Waals surface area contributed by atoms with Crippen LogP contribution in [0.4, 0.5) is 0 Å². The Kier molecular flexibility index (Phi) is 6.79. The SMILES string of the molecule is CCC1CCCN(Cc2cccc(C#CCCO)c2)CC1. The molecule has 0 spiro atoms. The summed E-state index contributed by atoms with van der Waals surface area (Å²) < 4.78 is 0. The van der Waals surface area contributed by atoms with Gasteiger partial charge >= 0.3 is 0 Å². The Hall–Kier alpha value is -1.30.